The predicted octanol–water partition coefficient (Wildman–Crippen LogP) is 3.13. The molecule has 4 aromatic rings. The van der Waals surface area contributed by atoms with E-state index in [9.17, 15) is 14.4 Å². The Bertz CT molecular complexity index is 1650. The van der Waals surface area contributed by atoms with Crippen molar-refractivity contribution in [2.24, 2.45) is 5.41 Å². The van der Waals surface area contributed by atoms with Crippen molar-refractivity contribution in [3.63, 3.8) is 0 Å². The fourth-order valence-corrected chi connectivity index (χ4v) is 5.95. The SMILES string of the molecule is COC(=O)c1ccc2c(c1)c1c(N)ncnc1n2CC(=O)N1[C@H](C(=O)Nc2cccc(Br)n2)C[C@@]2(C)C[C@@H]12. The summed E-state index contributed by atoms with van der Waals surface area (Å²) in [6.07, 6.45) is 2.77. The van der Waals surface area contributed by atoms with Gasteiger partial charge in [-0.25, -0.2) is 19.7 Å². The first-order chi connectivity index (χ1) is 18.2. The van der Waals surface area contributed by atoms with Crippen LogP contribution in [0.25, 0.3) is 21.9 Å². The maximum atomic E-state index is 13.9. The first kappa shape index (κ1) is 24.3. The number of ether oxygens (including phenoxy) is 1. The van der Waals surface area contributed by atoms with E-state index in [1.54, 1.807) is 45.9 Å². The molecule has 6 rings (SSSR count). The van der Waals surface area contributed by atoms with Crippen LogP contribution >= 0.6 is 15.9 Å². The third-order valence-electron chi connectivity index (χ3n) is 7.58. The second kappa shape index (κ2) is 8.76. The number of nitrogens with one attached hydrogen (secondary N) is 1. The van der Waals surface area contributed by atoms with Crippen LogP contribution in [0.1, 0.15) is 30.1 Å². The minimum absolute atomic E-state index is 0.0140. The van der Waals surface area contributed by atoms with Crippen molar-refractivity contribution in [2.45, 2.75) is 38.4 Å². The summed E-state index contributed by atoms with van der Waals surface area (Å²) in [5.41, 5.74) is 7.60. The lowest BCUT2D eigenvalue weighted by Crippen LogP contribution is -2.46. The molecule has 4 heterocycles. The number of methoxy groups -OCH3 is 1. The fourth-order valence-electron chi connectivity index (χ4n) is 5.61. The number of likely N-dealkylation sites (tertiary alicyclic amines) is 1. The molecule has 2 fully saturated rings. The van der Waals surface area contributed by atoms with Crippen molar-refractivity contribution >= 4 is 67.3 Å². The average Bonchev–Trinajstić information content (AvgIpc) is 3.30. The minimum Gasteiger partial charge on any atom is -0.465 e. The molecule has 2 aliphatic rings. The monoisotopic (exact) mass is 577 g/mol. The van der Waals surface area contributed by atoms with Crippen molar-refractivity contribution in [1.82, 2.24) is 24.4 Å². The van der Waals surface area contributed by atoms with E-state index in [0.29, 0.717) is 44.3 Å². The maximum Gasteiger partial charge on any atom is 0.337 e. The number of carbonyl (C=O) groups is 3. The minimum atomic E-state index is -0.620. The molecule has 1 saturated heterocycles. The number of pyridine rings is 1. The van der Waals surface area contributed by atoms with Crippen LogP contribution in [0.5, 0.6) is 0 Å². The number of carbonyl (C=O) groups excluding carboxylic acids is 3. The Morgan fingerprint density at radius 3 is 2.79 bits per heavy atom. The van der Waals surface area contributed by atoms with Gasteiger partial charge < -0.3 is 25.3 Å². The highest BCUT2D eigenvalue weighted by molar-refractivity contribution is 9.10. The smallest absolute Gasteiger partial charge is 0.337 e. The highest BCUT2D eigenvalue weighted by Crippen LogP contribution is 2.59. The topological polar surface area (TPSA) is 145 Å². The number of nitrogen functional groups attached to an aromatic ring is 1. The van der Waals surface area contributed by atoms with Crippen LogP contribution in [-0.2, 0) is 20.9 Å². The maximum absolute atomic E-state index is 13.9. The molecule has 194 valence electrons. The lowest BCUT2D eigenvalue weighted by atomic mass is 10.0. The molecule has 1 aliphatic carbocycles. The van der Waals surface area contributed by atoms with E-state index in [1.807, 2.05) is 0 Å². The number of rotatable bonds is 5. The quantitative estimate of drug-likeness (QED) is 0.272. The number of benzene rings is 1. The van der Waals surface area contributed by atoms with Crippen molar-refractivity contribution in [3.8, 4) is 0 Å². The van der Waals surface area contributed by atoms with Gasteiger partial charge >= 0.3 is 5.97 Å². The van der Waals surface area contributed by atoms with Gasteiger partial charge in [-0.1, -0.05) is 13.0 Å². The number of amides is 2. The van der Waals surface area contributed by atoms with Gasteiger partial charge in [0.1, 0.15) is 40.8 Å². The van der Waals surface area contributed by atoms with Gasteiger partial charge in [0.15, 0.2) is 0 Å². The second-order valence-corrected chi connectivity index (χ2v) is 10.8. The van der Waals surface area contributed by atoms with Crippen LogP contribution < -0.4 is 11.1 Å². The van der Waals surface area contributed by atoms with Gasteiger partial charge in [-0.3, -0.25) is 9.59 Å². The van der Waals surface area contributed by atoms with E-state index >= 15 is 0 Å². The zero-order valence-corrected chi connectivity index (χ0v) is 22.2. The highest BCUT2D eigenvalue weighted by atomic mass is 79.9. The molecular weight excluding hydrogens is 554 g/mol. The molecular formula is C26H24BrN7O4. The molecule has 3 N–H and O–H groups in total. The van der Waals surface area contributed by atoms with Gasteiger partial charge in [-0.15, -0.1) is 0 Å². The number of fused-ring (bicyclic) bond motifs is 4. The first-order valence-electron chi connectivity index (χ1n) is 12.1. The van der Waals surface area contributed by atoms with Crippen molar-refractivity contribution in [3.05, 3.63) is 52.9 Å². The van der Waals surface area contributed by atoms with Gasteiger partial charge in [0.25, 0.3) is 0 Å². The summed E-state index contributed by atoms with van der Waals surface area (Å²) in [6, 6.07) is 9.66. The summed E-state index contributed by atoms with van der Waals surface area (Å²) >= 11 is 3.32. The number of piperidine rings is 1. The van der Waals surface area contributed by atoms with Crippen molar-refractivity contribution in [1.29, 1.82) is 0 Å². The molecule has 12 heteroatoms. The molecule has 3 aromatic heterocycles. The number of hydrogen-bond donors (Lipinski definition) is 2. The fraction of sp³-hybridized carbons (Fsp3) is 0.308. The van der Waals surface area contributed by atoms with Crippen LogP contribution in [0.15, 0.2) is 47.3 Å². The Morgan fingerprint density at radius 2 is 2.03 bits per heavy atom. The zero-order chi connectivity index (χ0) is 26.8. The van der Waals surface area contributed by atoms with Crippen LogP contribution in [0.4, 0.5) is 11.6 Å². The summed E-state index contributed by atoms with van der Waals surface area (Å²) < 4.78 is 7.22. The summed E-state index contributed by atoms with van der Waals surface area (Å²) in [5, 5.41) is 4.04. The summed E-state index contributed by atoms with van der Waals surface area (Å²) in [6.45, 7) is 2.05. The van der Waals surface area contributed by atoms with E-state index < -0.39 is 12.0 Å². The molecule has 11 nitrogen and oxygen atoms in total. The van der Waals surface area contributed by atoms with E-state index in [4.69, 9.17) is 10.5 Å². The number of halogens is 1. The Kier molecular flexibility index (Phi) is 5.60. The summed E-state index contributed by atoms with van der Waals surface area (Å²) in [5.74, 6) is -0.305. The molecule has 1 aliphatic heterocycles. The Hall–Kier alpha value is -4.06. The molecule has 0 radical (unpaired) electrons. The van der Waals surface area contributed by atoms with Gasteiger partial charge in [-0.2, -0.15) is 0 Å². The first-order valence-corrected chi connectivity index (χ1v) is 12.8. The normalized spacial score (nSPS) is 21.9. The van der Waals surface area contributed by atoms with Crippen LogP contribution in [0.3, 0.4) is 0 Å². The molecule has 0 bridgehead atoms. The number of nitrogens with zero attached hydrogens (tertiary/aromatic N) is 5. The molecule has 1 saturated carbocycles. The lowest BCUT2D eigenvalue weighted by molar-refractivity contribution is -0.138. The number of anilines is 2. The average molecular weight is 578 g/mol. The Morgan fingerprint density at radius 1 is 1.21 bits per heavy atom. The van der Waals surface area contributed by atoms with Crippen LogP contribution in [0, 0.1) is 5.41 Å². The summed E-state index contributed by atoms with van der Waals surface area (Å²) in [4.78, 5) is 53.8. The van der Waals surface area contributed by atoms with Crippen molar-refractivity contribution in [2.75, 3.05) is 18.2 Å². The van der Waals surface area contributed by atoms with E-state index in [-0.39, 0.29) is 35.6 Å². The molecule has 38 heavy (non-hydrogen) atoms. The predicted molar refractivity (Wildman–Crippen MR) is 143 cm³/mol. The number of aromatic nitrogens is 4. The molecule has 0 spiro atoms. The molecule has 3 atom stereocenters. The van der Waals surface area contributed by atoms with Gasteiger partial charge in [0, 0.05) is 11.4 Å². The Labute approximate surface area is 225 Å². The van der Waals surface area contributed by atoms with Gasteiger partial charge in [-0.05, 0) is 64.5 Å². The van der Waals surface area contributed by atoms with Crippen molar-refractivity contribution < 1.29 is 19.1 Å². The third kappa shape index (κ3) is 3.87. The van der Waals surface area contributed by atoms with Gasteiger partial charge in [0.05, 0.1) is 23.6 Å². The standard InChI is InChI=1S/C26H24BrN7O4/c1-26-9-16(24(36)32-19-5-3-4-18(27)31-19)34(17(26)10-26)20(35)11-33-15-7-6-13(25(37)38-2)8-14(15)21-22(28)29-12-30-23(21)33/h3-8,12,16-17H,9-11H2,1-2H3,(H2,28,29,30)(H,31,32,36)/t16-,17+,26-/m0/s1. The summed E-state index contributed by atoms with van der Waals surface area (Å²) in [7, 11) is 1.31. The third-order valence-corrected chi connectivity index (χ3v) is 8.02. The molecule has 1 aromatic carbocycles. The largest absolute Gasteiger partial charge is 0.465 e. The number of nitrogens with two attached hydrogens (primary N) is 1. The van der Waals surface area contributed by atoms with Crippen LogP contribution in [0.2, 0.25) is 0 Å². The molecule has 0 unspecified atom stereocenters. The van der Waals surface area contributed by atoms with Gasteiger partial charge in [0.2, 0.25) is 11.8 Å². The van der Waals surface area contributed by atoms with E-state index in [0.717, 1.165) is 6.42 Å². The number of hydrogen-bond acceptors (Lipinski definition) is 8. The highest BCUT2D eigenvalue weighted by Gasteiger charge is 2.64. The van der Waals surface area contributed by atoms with E-state index in [1.165, 1.54) is 13.4 Å². The van der Waals surface area contributed by atoms with Crippen LogP contribution in [-0.4, -0.2) is 61.4 Å². The molecule has 2 amide bonds. The zero-order valence-electron chi connectivity index (χ0n) is 20.6. The van der Waals surface area contributed by atoms with E-state index in [2.05, 4.69) is 43.1 Å². The number of esters is 1. The Balaban J connectivity index is 1.35. The lowest BCUT2D eigenvalue weighted by Gasteiger charge is -2.27. The second-order valence-electron chi connectivity index (χ2n) is 10.00.